The molecule has 0 spiro atoms. The Morgan fingerprint density at radius 1 is 0.786 bits per heavy atom. The van der Waals surface area contributed by atoms with Gasteiger partial charge >= 0.3 is 0 Å². The first kappa shape index (κ1) is 18.1. The maximum absolute atomic E-state index is 6.31. The molecule has 28 heavy (non-hydrogen) atoms. The molecule has 0 saturated carbocycles. The molecular weight excluding hydrogens is 418 g/mol. The average molecular weight is 436 g/mol. The number of nitrogens with two attached hydrogens (primary N) is 1. The summed E-state index contributed by atoms with van der Waals surface area (Å²) in [5.41, 5.74) is 10.1. The van der Waals surface area contributed by atoms with Crippen molar-refractivity contribution in [3.8, 4) is 11.4 Å². The monoisotopic (exact) mass is 435 g/mol. The second-order valence-electron chi connectivity index (χ2n) is 6.24. The van der Waals surface area contributed by atoms with E-state index in [1.807, 2.05) is 74.5 Å². The molecule has 0 saturated heterocycles. The van der Waals surface area contributed by atoms with E-state index in [-0.39, 0.29) is 0 Å². The molecule has 0 bridgehead atoms. The molecule has 2 aromatic heterocycles. The molecule has 2 heterocycles. The first-order valence-electron chi connectivity index (χ1n) is 8.69. The molecule has 0 amide bonds. The highest BCUT2D eigenvalue weighted by molar-refractivity contribution is 9.10. The lowest BCUT2D eigenvalue weighted by Gasteiger charge is -2.04. The van der Waals surface area contributed by atoms with Crippen molar-refractivity contribution in [1.29, 1.82) is 0 Å². The molecule has 0 aliphatic heterocycles. The van der Waals surface area contributed by atoms with Gasteiger partial charge in [0.25, 0.3) is 0 Å². The molecule has 7 nitrogen and oxygen atoms in total. The van der Waals surface area contributed by atoms with E-state index >= 15 is 0 Å². The molecule has 0 unspecified atom stereocenters. The predicted octanol–water partition coefficient (Wildman–Crippen LogP) is 5.43. The second-order valence-corrected chi connectivity index (χ2v) is 7.03. The zero-order chi connectivity index (χ0) is 19.7. The smallest absolute Gasteiger partial charge is 0.192 e. The van der Waals surface area contributed by atoms with Crippen LogP contribution in [0.5, 0.6) is 0 Å². The summed E-state index contributed by atoms with van der Waals surface area (Å²) in [5, 5.41) is 17.9. The summed E-state index contributed by atoms with van der Waals surface area (Å²) < 4.78 is 4.20. The van der Waals surface area contributed by atoms with Gasteiger partial charge in [0, 0.05) is 0 Å². The Morgan fingerprint density at radius 2 is 1.32 bits per heavy atom. The number of anilines is 1. The highest BCUT2D eigenvalue weighted by Crippen LogP contribution is 2.35. The van der Waals surface area contributed by atoms with Crippen LogP contribution >= 0.6 is 15.9 Å². The van der Waals surface area contributed by atoms with Crippen LogP contribution in [-0.2, 0) is 0 Å². The van der Waals surface area contributed by atoms with Crippen molar-refractivity contribution in [3.63, 3.8) is 0 Å². The van der Waals surface area contributed by atoms with Crippen LogP contribution in [0.2, 0.25) is 0 Å². The number of nitrogens with zero attached hydrogens (tertiary/aromatic N) is 6. The molecule has 2 aromatic carbocycles. The number of aromatic nitrogens is 4. The molecule has 8 heteroatoms. The van der Waals surface area contributed by atoms with Gasteiger partial charge in [0.05, 0.1) is 27.2 Å². The molecule has 0 aliphatic carbocycles. The first-order chi connectivity index (χ1) is 13.6. The lowest BCUT2D eigenvalue weighted by Crippen LogP contribution is -2.01. The summed E-state index contributed by atoms with van der Waals surface area (Å²) >= 11 is 3.56. The third kappa shape index (κ3) is 3.22. The summed E-state index contributed by atoms with van der Waals surface area (Å²) in [4.78, 5) is 0. The summed E-state index contributed by atoms with van der Waals surface area (Å²) in [6.07, 6.45) is 0. The lowest BCUT2D eigenvalue weighted by atomic mass is 10.3. The van der Waals surface area contributed by atoms with Crippen LogP contribution < -0.4 is 5.73 Å². The van der Waals surface area contributed by atoms with Gasteiger partial charge in [-0.15, -0.1) is 10.2 Å². The zero-order valence-electron chi connectivity index (χ0n) is 15.4. The average Bonchev–Trinajstić information content (AvgIpc) is 3.17. The van der Waals surface area contributed by atoms with E-state index in [9.17, 15) is 0 Å². The topological polar surface area (TPSA) is 86.4 Å². The van der Waals surface area contributed by atoms with Gasteiger partial charge in [0.1, 0.15) is 0 Å². The van der Waals surface area contributed by atoms with Crippen LogP contribution in [0.3, 0.4) is 0 Å². The van der Waals surface area contributed by atoms with Gasteiger partial charge in [-0.3, -0.25) is 0 Å². The fourth-order valence-corrected chi connectivity index (χ4v) is 3.18. The molecule has 0 radical (unpaired) electrons. The number of hydrogen-bond acceptors (Lipinski definition) is 5. The maximum Gasteiger partial charge on any atom is 0.192 e. The van der Waals surface area contributed by atoms with Gasteiger partial charge in [-0.1, -0.05) is 36.4 Å². The van der Waals surface area contributed by atoms with Crippen molar-refractivity contribution in [2.75, 3.05) is 5.73 Å². The van der Waals surface area contributed by atoms with Crippen molar-refractivity contribution in [1.82, 2.24) is 19.6 Å². The van der Waals surface area contributed by atoms with Crippen molar-refractivity contribution in [3.05, 3.63) is 76.5 Å². The van der Waals surface area contributed by atoms with Gasteiger partial charge in [-0.25, -0.2) is 9.36 Å². The van der Waals surface area contributed by atoms with E-state index in [0.717, 1.165) is 21.5 Å². The van der Waals surface area contributed by atoms with Gasteiger partial charge in [0.15, 0.2) is 17.3 Å². The molecule has 0 aliphatic rings. The number of azo groups is 1. The minimum Gasteiger partial charge on any atom is -0.382 e. The summed E-state index contributed by atoms with van der Waals surface area (Å²) in [6.45, 7) is 3.77. The Labute approximate surface area is 170 Å². The van der Waals surface area contributed by atoms with Gasteiger partial charge < -0.3 is 5.73 Å². The van der Waals surface area contributed by atoms with Crippen molar-refractivity contribution < 1.29 is 0 Å². The normalized spacial score (nSPS) is 11.4. The Kier molecular flexibility index (Phi) is 4.79. The third-order valence-electron chi connectivity index (χ3n) is 4.27. The fraction of sp³-hybridized carbons (Fsp3) is 0.100. The number of rotatable bonds is 4. The molecule has 2 N–H and O–H groups in total. The van der Waals surface area contributed by atoms with Crippen molar-refractivity contribution >= 4 is 33.3 Å². The third-order valence-corrected chi connectivity index (χ3v) is 5.20. The van der Waals surface area contributed by atoms with Crippen LogP contribution in [-0.4, -0.2) is 19.6 Å². The highest BCUT2D eigenvalue weighted by Gasteiger charge is 2.17. The zero-order valence-corrected chi connectivity index (χ0v) is 17.0. The Balaban J connectivity index is 1.76. The van der Waals surface area contributed by atoms with Gasteiger partial charge in [-0.05, 0) is 54.0 Å². The van der Waals surface area contributed by atoms with Crippen molar-refractivity contribution in [2.24, 2.45) is 10.2 Å². The van der Waals surface area contributed by atoms with E-state index in [0.29, 0.717) is 23.0 Å². The van der Waals surface area contributed by atoms with Crippen LogP contribution in [0.1, 0.15) is 11.4 Å². The standard InChI is InChI=1S/C20H18BrN7/c1-13-17(21)20(28(25-13)16-11-7-4-8-12-16)24-23-18-14(2)26-27(19(18)22)15-9-5-3-6-10-15/h3-12H,22H2,1-2H3. The van der Waals surface area contributed by atoms with E-state index in [1.54, 1.807) is 9.36 Å². The minimum atomic E-state index is 0.436. The lowest BCUT2D eigenvalue weighted by molar-refractivity contribution is 0.854. The highest BCUT2D eigenvalue weighted by atomic mass is 79.9. The van der Waals surface area contributed by atoms with Crippen LogP contribution in [0.25, 0.3) is 11.4 Å². The van der Waals surface area contributed by atoms with Crippen LogP contribution in [0, 0.1) is 13.8 Å². The van der Waals surface area contributed by atoms with E-state index in [1.165, 1.54) is 0 Å². The predicted molar refractivity (Wildman–Crippen MR) is 113 cm³/mol. The minimum absolute atomic E-state index is 0.436. The van der Waals surface area contributed by atoms with Gasteiger partial charge in [-0.2, -0.15) is 10.2 Å². The first-order valence-corrected chi connectivity index (χ1v) is 9.48. The number of halogens is 1. The maximum atomic E-state index is 6.31. The molecule has 4 rings (SSSR count). The number of benzene rings is 2. The largest absolute Gasteiger partial charge is 0.382 e. The SMILES string of the molecule is Cc1nn(-c2ccccc2)c(N=Nc2c(C)nn(-c3ccccc3)c2N)c1Br. The van der Waals surface area contributed by atoms with Crippen LogP contribution in [0.15, 0.2) is 75.4 Å². The van der Waals surface area contributed by atoms with E-state index < -0.39 is 0 Å². The Hall–Kier alpha value is -3.26. The number of hydrogen-bond donors (Lipinski definition) is 1. The number of para-hydroxylation sites is 2. The summed E-state index contributed by atoms with van der Waals surface area (Å²) in [6, 6.07) is 19.5. The summed E-state index contributed by atoms with van der Waals surface area (Å²) in [7, 11) is 0. The second kappa shape index (κ2) is 7.40. The van der Waals surface area contributed by atoms with Crippen LogP contribution in [0.4, 0.5) is 17.3 Å². The van der Waals surface area contributed by atoms with E-state index in [2.05, 4.69) is 36.4 Å². The number of nitrogen functional groups attached to an aromatic ring is 1. The van der Waals surface area contributed by atoms with Gasteiger partial charge in [0.2, 0.25) is 0 Å². The molecule has 4 aromatic rings. The fourth-order valence-electron chi connectivity index (χ4n) is 2.86. The molecular formula is C20H18BrN7. The molecule has 140 valence electrons. The quantitative estimate of drug-likeness (QED) is 0.433. The number of aryl methyl sites for hydroxylation is 2. The Morgan fingerprint density at radius 3 is 1.93 bits per heavy atom. The van der Waals surface area contributed by atoms with E-state index in [4.69, 9.17) is 5.73 Å². The van der Waals surface area contributed by atoms with Crippen molar-refractivity contribution in [2.45, 2.75) is 13.8 Å². The Bertz CT molecular complexity index is 1140. The molecule has 0 atom stereocenters. The summed E-state index contributed by atoms with van der Waals surface area (Å²) in [5.74, 6) is 1.03. The molecule has 0 fully saturated rings.